The number of carbonyl (C=O) groups excluding carboxylic acids is 1. The number of hydrogen-bond donors (Lipinski definition) is 2. The normalized spacial score (nSPS) is 24.8. The Bertz CT molecular complexity index is 865. The molecule has 152 valence electrons. The highest BCUT2D eigenvalue weighted by Gasteiger charge is 2.29. The fourth-order valence-corrected chi connectivity index (χ4v) is 5.63. The zero-order chi connectivity index (χ0) is 19.9. The molecule has 1 fully saturated rings. The molecule has 2 aliphatic rings. The molecule has 4 rings (SSSR count). The topological polar surface area (TPSA) is 76.1 Å². The van der Waals surface area contributed by atoms with Gasteiger partial charge in [-0.15, -0.1) is 11.3 Å². The van der Waals surface area contributed by atoms with E-state index in [1.165, 1.54) is 28.7 Å². The maximum absolute atomic E-state index is 12.0. The number of nitrogens with one attached hydrogen (secondary N) is 2. The lowest BCUT2D eigenvalue weighted by atomic mass is 9.91. The van der Waals surface area contributed by atoms with E-state index in [2.05, 4.69) is 27.5 Å². The van der Waals surface area contributed by atoms with Crippen molar-refractivity contribution >= 4 is 33.5 Å². The number of carbonyl (C=O) groups is 1. The number of fused-ring (bicyclic) bond motifs is 3. The average Bonchev–Trinajstić information content (AvgIpc) is 3.15. The van der Waals surface area contributed by atoms with Crippen molar-refractivity contribution in [2.75, 3.05) is 5.32 Å². The standard InChI is InChI=1S/C21H30N4O2S/c1-12-5-10-15-16(12)17-18(22-11-23-19(17)28-15)24-13-6-8-14(9-7-13)25-20(26)27-21(2,3)4/h11-14H,5-10H2,1-4H3,(H,25,26)(H,22,23,24)/t12-,13?,14?/m0/s1. The first-order chi connectivity index (χ1) is 13.3. The lowest BCUT2D eigenvalue weighted by molar-refractivity contribution is 0.0492. The first kappa shape index (κ1) is 19.4. The van der Waals surface area contributed by atoms with E-state index >= 15 is 0 Å². The number of anilines is 1. The van der Waals surface area contributed by atoms with Gasteiger partial charge in [0, 0.05) is 17.0 Å². The molecule has 28 heavy (non-hydrogen) atoms. The van der Waals surface area contributed by atoms with Crippen molar-refractivity contribution in [3.63, 3.8) is 0 Å². The molecule has 0 aliphatic heterocycles. The van der Waals surface area contributed by atoms with E-state index in [9.17, 15) is 4.79 Å². The Hall–Kier alpha value is -1.89. The smallest absolute Gasteiger partial charge is 0.407 e. The maximum Gasteiger partial charge on any atom is 0.407 e. The van der Waals surface area contributed by atoms with Crippen LogP contribution in [0.4, 0.5) is 10.6 Å². The SMILES string of the molecule is C[C@H]1CCc2sc3ncnc(NC4CCC(NC(=O)OC(C)(C)C)CC4)c3c21. The first-order valence-corrected chi connectivity index (χ1v) is 11.1. The summed E-state index contributed by atoms with van der Waals surface area (Å²) in [7, 11) is 0. The van der Waals surface area contributed by atoms with Crippen molar-refractivity contribution in [2.45, 2.75) is 89.8 Å². The van der Waals surface area contributed by atoms with Crippen molar-refractivity contribution in [1.82, 2.24) is 15.3 Å². The summed E-state index contributed by atoms with van der Waals surface area (Å²) in [6, 6.07) is 0.561. The summed E-state index contributed by atoms with van der Waals surface area (Å²) in [5.41, 5.74) is 1.00. The molecule has 2 aliphatic carbocycles. The maximum atomic E-state index is 12.0. The second-order valence-corrected chi connectivity index (χ2v) is 10.2. The predicted octanol–water partition coefficient (Wildman–Crippen LogP) is 4.99. The summed E-state index contributed by atoms with van der Waals surface area (Å²) in [5, 5.41) is 7.93. The second kappa shape index (κ2) is 7.50. The molecule has 0 saturated heterocycles. The van der Waals surface area contributed by atoms with Gasteiger partial charge in [0.25, 0.3) is 0 Å². The Kier molecular flexibility index (Phi) is 5.21. The average molecular weight is 403 g/mol. The van der Waals surface area contributed by atoms with E-state index in [1.807, 2.05) is 32.1 Å². The van der Waals surface area contributed by atoms with E-state index in [4.69, 9.17) is 4.74 Å². The van der Waals surface area contributed by atoms with Gasteiger partial charge in [-0.25, -0.2) is 14.8 Å². The van der Waals surface area contributed by atoms with Crippen LogP contribution in [0.25, 0.3) is 10.2 Å². The molecule has 1 saturated carbocycles. The third kappa shape index (κ3) is 4.09. The molecule has 0 aromatic carbocycles. The van der Waals surface area contributed by atoms with Crippen molar-refractivity contribution in [3.05, 3.63) is 16.8 Å². The van der Waals surface area contributed by atoms with Crippen LogP contribution in [0.1, 0.15) is 76.2 Å². The van der Waals surface area contributed by atoms with Crippen molar-refractivity contribution < 1.29 is 9.53 Å². The number of nitrogens with zero attached hydrogens (tertiary/aromatic N) is 2. The van der Waals surface area contributed by atoms with Gasteiger partial charge >= 0.3 is 6.09 Å². The number of aryl methyl sites for hydroxylation is 1. The van der Waals surface area contributed by atoms with Crippen molar-refractivity contribution in [3.8, 4) is 0 Å². The highest BCUT2D eigenvalue weighted by molar-refractivity contribution is 7.19. The molecule has 2 N–H and O–H groups in total. The van der Waals surface area contributed by atoms with E-state index in [1.54, 1.807) is 6.33 Å². The fraction of sp³-hybridized carbons (Fsp3) is 0.667. The Labute approximate surface area is 170 Å². The minimum Gasteiger partial charge on any atom is -0.444 e. The molecule has 1 amide bonds. The van der Waals surface area contributed by atoms with E-state index < -0.39 is 5.60 Å². The van der Waals surface area contributed by atoms with Gasteiger partial charge in [0.1, 0.15) is 22.6 Å². The Morgan fingerprint density at radius 2 is 1.86 bits per heavy atom. The summed E-state index contributed by atoms with van der Waals surface area (Å²) in [6.07, 6.45) is 7.67. The second-order valence-electron chi connectivity index (χ2n) is 9.12. The molecule has 6 nitrogen and oxygen atoms in total. The van der Waals surface area contributed by atoms with E-state index in [-0.39, 0.29) is 12.1 Å². The van der Waals surface area contributed by atoms with Crippen LogP contribution in [0.2, 0.25) is 0 Å². The molecule has 2 aromatic heterocycles. The molecule has 7 heteroatoms. The number of amides is 1. The van der Waals surface area contributed by atoms with Crippen LogP contribution in [0.5, 0.6) is 0 Å². The number of hydrogen-bond acceptors (Lipinski definition) is 6. The molecule has 2 aromatic rings. The number of alkyl carbamates (subject to hydrolysis) is 1. The van der Waals surface area contributed by atoms with E-state index in [0.29, 0.717) is 12.0 Å². The molecule has 1 atom stereocenters. The van der Waals surface area contributed by atoms with Crippen LogP contribution in [0.15, 0.2) is 6.33 Å². The van der Waals surface area contributed by atoms with Gasteiger partial charge in [0.2, 0.25) is 0 Å². The van der Waals surface area contributed by atoms with Crippen LogP contribution in [-0.4, -0.2) is 33.7 Å². The Morgan fingerprint density at radius 1 is 1.14 bits per heavy atom. The van der Waals surface area contributed by atoms with Crippen LogP contribution in [-0.2, 0) is 11.2 Å². The summed E-state index contributed by atoms with van der Waals surface area (Å²) < 4.78 is 5.37. The van der Waals surface area contributed by atoms with Crippen molar-refractivity contribution in [2.24, 2.45) is 0 Å². The number of aromatic nitrogens is 2. The molecular weight excluding hydrogens is 372 g/mol. The van der Waals surface area contributed by atoms with Crippen LogP contribution in [0, 0.1) is 0 Å². The van der Waals surface area contributed by atoms with E-state index in [0.717, 1.165) is 36.3 Å². The van der Waals surface area contributed by atoms with Gasteiger partial charge < -0.3 is 15.4 Å². The minimum atomic E-state index is -0.459. The number of rotatable bonds is 3. The van der Waals surface area contributed by atoms with Crippen LogP contribution in [0.3, 0.4) is 0 Å². The lowest BCUT2D eigenvalue weighted by Crippen LogP contribution is -2.42. The largest absolute Gasteiger partial charge is 0.444 e. The Morgan fingerprint density at radius 3 is 2.57 bits per heavy atom. The van der Waals surface area contributed by atoms with Crippen molar-refractivity contribution in [1.29, 1.82) is 0 Å². The quantitative estimate of drug-likeness (QED) is 0.756. The Balaban J connectivity index is 1.39. The van der Waals surface area contributed by atoms with Gasteiger partial charge in [0.05, 0.1) is 5.39 Å². The fourth-order valence-electron chi connectivity index (χ4n) is 4.36. The first-order valence-electron chi connectivity index (χ1n) is 10.3. The number of ether oxygens (including phenoxy) is 1. The zero-order valence-electron chi connectivity index (χ0n) is 17.2. The highest BCUT2D eigenvalue weighted by Crippen LogP contribution is 2.45. The molecule has 0 radical (unpaired) electrons. The van der Waals surface area contributed by atoms with Gasteiger partial charge in [-0.05, 0) is 70.8 Å². The van der Waals surface area contributed by atoms with Gasteiger partial charge in [0.15, 0.2) is 0 Å². The van der Waals surface area contributed by atoms with Crippen LogP contribution < -0.4 is 10.6 Å². The summed E-state index contributed by atoms with van der Waals surface area (Å²) in [6.45, 7) is 7.97. The van der Waals surface area contributed by atoms with Crippen LogP contribution >= 0.6 is 11.3 Å². The van der Waals surface area contributed by atoms with Gasteiger partial charge in [-0.3, -0.25) is 0 Å². The summed E-state index contributed by atoms with van der Waals surface area (Å²) in [5.74, 6) is 1.57. The highest BCUT2D eigenvalue weighted by atomic mass is 32.1. The van der Waals surface area contributed by atoms with Gasteiger partial charge in [-0.1, -0.05) is 6.92 Å². The molecular formula is C21H30N4O2S. The number of thiophene rings is 1. The molecule has 0 bridgehead atoms. The molecule has 0 unspecified atom stereocenters. The lowest BCUT2D eigenvalue weighted by Gasteiger charge is -2.31. The zero-order valence-corrected chi connectivity index (χ0v) is 18.0. The third-order valence-corrected chi connectivity index (χ3v) is 6.86. The van der Waals surface area contributed by atoms with Gasteiger partial charge in [-0.2, -0.15) is 0 Å². The summed E-state index contributed by atoms with van der Waals surface area (Å²) >= 11 is 1.83. The monoisotopic (exact) mass is 402 g/mol. The minimum absolute atomic E-state index is 0.184. The predicted molar refractivity (Wildman–Crippen MR) is 113 cm³/mol. The molecule has 0 spiro atoms. The third-order valence-electron chi connectivity index (χ3n) is 5.69. The molecule has 2 heterocycles. The summed E-state index contributed by atoms with van der Waals surface area (Å²) in [4.78, 5) is 23.7.